The molecule has 0 nitrogen and oxygen atoms in total. The van der Waals surface area contributed by atoms with E-state index in [0.717, 1.165) is 35.9 Å². The molecule has 30 heavy (non-hydrogen) atoms. The number of halogens is 8. The fourth-order valence-corrected chi connectivity index (χ4v) is 3.37. The number of hydrogen-bond acceptors (Lipinski definition) is 0. The molecule has 0 saturated carbocycles. The van der Waals surface area contributed by atoms with Crippen molar-refractivity contribution in [2.45, 2.75) is 39.0 Å². The topological polar surface area (TPSA) is 0 Å². The molecule has 0 spiro atoms. The Morgan fingerprint density at radius 3 is 1.90 bits per heavy atom. The molecule has 9 heteroatoms. The van der Waals surface area contributed by atoms with Gasteiger partial charge in [0, 0.05) is 0 Å². The number of fused-ring (bicyclic) bond motifs is 1. The van der Waals surface area contributed by atoms with E-state index >= 15 is 0 Å². The zero-order valence-corrected chi connectivity index (χ0v) is 19.9. The second kappa shape index (κ2) is 10.1. The fourth-order valence-electron chi connectivity index (χ4n) is 3.37. The summed E-state index contributed by atoms with van der Waals surface area (Å²) in [5.41, 5.74) is -0.626. The summed E-state index contributed by atoms with van der Waals surface area (Å²) in [5, 5.41) is 1.48. The Bertz CT molecular complexity index is 973. The molecule has 0 fully saturated rings. The van der Waals surface area contributed by atoms with Crippen LogP contribution in [-0.4, -0.2) is 0 Å². The Labute approximate surface area is 189 Å². The average molecular weight is 545 g/mol. The van der Waals surface area contributed by atoms with Crippen LogP contribution >= 0.6 is 17.0 Å². The van der Waals surface area contributed by atoms with Crippen LogP contribution in [0.25, 0.3) is 21.9 Å². The van der Waals surface area contributed by atoms with Crippen molar-refractivity contribution in [3.63, 3.8) is 0 Å². The summed E-state index contributed by atoms with van der Waals surface area (Å²) in [6.45, 7) is 3.70. The van der Waals surface area contributed by atoms with Gasteiger partial charge in [-0.05, 0) is 37.1 Å². The number of aryl methyl sites for hydroxylation is 2. The van der Waals surface area contributed by atoms with E-state index in [9.17, 15) is 26.3 Å². The van der Waals surface area contributed by atoms with Crippen LogP contribution in [0.1, 0.15) is 35.6 Å². The SMILES string of the molecule is CCCc1cc2c(-c3cc(C(F)(F)F)cc(C(F)(F)F)c3)c(C)ccc2[cH-]1.[Cl][Zr][Cl]. The summed E-state index contributed by atoms with van der Waals surface area (Å²) in [5.74, 6) is 0. The van der Waals surface area contributed by atoms with Gasteiger partial charge in [-0.2, -0.15) is 32.4 Å². The third-order valence-corrected chi connectivity index (χ3v) is 4.57. The molecule has 162 valence electrons. The fraction of sp³-hybridized carbons (Fsp3) is 0.286. The molecule has 0 aliphatic carbocycles. The van der Waals surface area contributed by atoms with E-state index in [1.807, 2.05) is 25.1 Å². The van der Waals surface area contributed by atoms with E-state index in [1.54, 1.807) is 13.0 Å². The van der Waals surface area contributed by atoms with Crippen LogP contribution in [0.4, 0.5) is 26.3 Å². The molecule has 0 radical (unpaired) electrons. The van der Waals surface area contributed by atoms with E-state index in [-0.39, 0.29) is 11.6 Å². The summed E-state index contributed by atoms with van der Waals surface area (Å²) in [6, 6.07) is 9.10. The van der Waals surface area contributed by atoms with Crippen molar-refractivity contribution in [3.05, 3.63) is 64.7 Å². The van der Waals surface area contributed by atoms with Crippen molar-refractivity contribution in [2.75, 3.05) is 0 Å². The third-order valence-electron chi connectivity index (χ3n) is 4.57. The maximum absolute atomic E-state index is 13.2. The minimum absolute atomic E-state index is 0.0751. The van der Waals surface area contributed by atoms with E-state index in [1.165, 1.54) is 0 Å². The van der Waals surface area contributed by atoms with E-state index < -0.39 is 44.3 Å². The molecule has 0 atom stereocenters. The van der Waals surface area contributed by atoms with Crippen LogP contribution in [0, 0.1) is 6.92 Å². The zero-order chi connectivity index (χ0) is 22.7. The standard InChI is InChI=1S/C21H17F6.2ClH.Zr/c1-3-4-13-7-14-6-5-12(2)19(18(14)8-13)15-9-16(20(22,23)24)11-17(10-15)21(25,26)27;;;/h5-11H,3-4H2,1-2H3;2*1H;/q-1;;;+2/p-2. The van der Waals surface area contributed by atoms with Gasteiger partial charge in [0.05, 0.1) is 11.1 Å². The van der Waals surface area contributed by atoms with Crippen molar-refractivity contribution in [1.82, 2.24) is 0 Å². The first-order valence-corrected chi connectivity index (χ1v) is 15.2. The Kier molecular flexibility index (Phi) is 8.57. The van der Waals surface area contributed by atoms with Crippen molar-refractivity contribution in [3.8, 4) is 11.1 Å². The van der Waals surface area contributed by atoms with E-state index in [2.05, 4.69) is 0 Å². The summed E-state index contributed by atoms with van der Waals surface area (Å²) in [6.07, 6.45) is -8.04. The summed E-state index contributed by atoms with van der Waals surface area (Å²) >= 11 is -0.826. The quantitative estimate of drug-likeness (QED) is 0.228. The summed E-state index contributed by atoms with van der Waals surface area (Å²) < 4.78 is 79.2. The monoisotopic (exact) mass is 543 g/mol. The molecule has 3 aromatic carbocycles. The van der Waals surface area contributed by atoms with Gasteiger partial charge in [-0.1, -0.05) is 24.5 Å². The Hall–Kier alpha value is -0.907. The van der Waals surface area contributed by atoms with Gasteiger partial charge in [0.15, 0.2) is 0 Å². The van der Waals surface area contributed by atoms with Gasteiger partial charge in [-0.15, -0.1) is 34.5 Å². The van der Waals surface area contributed by atoms with Crippen LogP contribution < -0.4 is 0 Å². The van der Waals surface area contributed by atoms with Crippen molar-refractivity contribution < 1.29 is 47.2 Å². The molecule has 0 aliphatic heterocycles. The van der Waals surface area contributed by atoms with Crippen LogP contribution in [0.2, 0.25) is 0 Å². The zero-order valence-electron chi connectivity index (χ0n) is 16.0. The van der Waals surface area contributed by atoms with Gasteiger partial charge in [0.1, 0.15) is 0 Å². The third kappa shape index (κ3) is 6.08. The first-order valence-electron chi connectivity index (χ1n) is 8.87. The van der Waals surface area contributed by atoms with Crippen LogP contribution in [0.15, 0.2) is 42.5 Å². The molecular formula is C21H17Cl2F6Zr-. The van der Waals surface area contributed by atoms with Gasteiger partial charge >= 0.3 is 50.2 Å². The molecule has 0 aliphatic rings. The normalized spacial score (nSPS) is 11.9. The molecule has 0 N–H and O–H groups in total. The molecule has 3 rings (SSSR count). The van der Waals surface area contributed by atoms with E-state index in [4.69, 9.17) is 17.0 Å². The predicted octanol–water partition coefficient (Wildman–Crippen LogP) is 8.90. The molecule has 0 unspecified atom stereocenters. The number of hydrogen-bond donors (Lipinski definition) is 0. The van der Waals surface area contributed by atoms with Gasteiger partial charge in [-0.3, -0.25) is 0 Å². The van der Waals surface area contributed by atoms with Crippen molar-refractivity contribution >= 4 is 27.8 Å². The van der Waals surface area contributed by atoms with Crippen LogP contribution in [0.3, 0.4) is 0 Å². The maximum atomic E-state index is 13.2. The van der Waals surface area contributed by atoms with Gasteiger partial charge in [-0.25, -0.2) is 0 Å². The van der Waals surface area contributed by atoms with Crippen molar-refractivity contribution in [1.29, 1.82) is 0 Å². The molecule has 0 saturated heterocycles. The molecule has 0 heterocycles. The second-order valence-corrected chi connectivity index (χ2v) is 10.5. The van der Waals surface area contributed by atoms with Gasteiger partial charge < -0.3 is 0 Å². The minimum atomic E-state index is -4.86. The van der Waals surface area contributed by atoms with E-state index in [0.29, 0.717) is 16.5 Å². The average Bonchev–Trinajstić information content (AvgIpc) is 3.03. The predicted molar refractivity (Wildman–Crippen MR) is 105 cm³/mol. The summed E-state index contributed by atoms with van der Waals surface area (Å²) in [4.78, 5) is 0. The Morgan fingerprint density at radius 2 is 1.43 bits per heavy atom. The van der Waals surface area contributed by atoms with Crippen molar-refractivity contribution in [2.24, 2.45) is 0 Å². The van der Waals surface area contributed by atoms with Gasteiger partial charge in [0.25, 0.3) is 0 Å². The number of rotatable bonds is 3. The van der Waals surface area contributed by atoms with Crippen LogP contribution in [0.5, 0.6) is 0 Å². The van der Waals surface area contributed by atoms with Gasteiger partial charge in [0.2, 0.25) is 0 Å². The molecule has 0 bridgehead atoms. The molecular weight excluding hydrogens is 528 g/mol. The molecule has 3 aromatic rings. The molecule has 0 aromatic heterocycles. The summed E-state index contributed by atoms with van der Waals surface area (Å²) in [7, 11) is 9.87. The second-order valence-electron chi connectivity index (χ2n) is 6.74. The Morgan fingerprint density at radius 1 is 0.900 bits per heavy atom. The first-order chi connectivity index (χ1) is 13.9. The van der Waals surface area contributed by atoms with Crippen LogP contribution in [-0.2, 0) is 39.6 Å². The Balaban J connectivity index is 0.00000101. The number of benzene rings is 2. The molecule has 0 amide bonds. The number of alkyl halides is 6. The first kappa shape index (κ1) is 25.4.